The molecule has 0 aromatic carbocycles. The van der Waals surface area contributed by atoms with Gasteiger partial charge in [0.15, 0.2) is 0 Å². The predicted octanol–water partition coefficient (Wildman–Crippen LogP) is 2.49. The maximum absolute atomic E-state index is 9.92. The fourth-order valence-corrected chi connectivity index (χ4v) is 0.841. The Kier molecular flexibility index (Phi) is 17.3. The van der Waals surface area contributed by atoms with E-state index < -0.39 is 11.9 Å². The van der Waals surface area contributed by atoms with Crippen LogP contribution in [0.25, 0.3) is 0 Å². The molecule has 0 radical (unpaired) electrons. The first-order chi connectivity index (χ1) is 10.1. The molecule has 1 heterocycles. The normalized spacial score (nSPS) is 10.9. The van der Waals surface area contributed by atoms with Gasteiger partial charge in [0.2, 0.25) is 0 Å². The lowest BCUT2D eigenvalue weighted by molar-refractivity contribution is -0.150. The first kappa shape index (κ1) is 20.8. The van der Waals surface area contributed by atoms with Gasteiger partial charge in [-0.05, 0) is 12.8 Å². The highest BCUT2D eigenvalue weighted by Crippen LogP contribution is 1.92. The summed E-state index contributed by atoms with van der Waals surface area (Å²) in [7, 11) is 1.56. The van der Waals surface area contributed by atoms with E-state index in [9.17, 15) is 9.59 Å². The highest BCUT2D eigenvalue weighted by atomic mass is 16.6. The van der Waals surface area contributed by atoms with Crippen molar-refractivity contribution in [1.82, 2.24) is 0 Å². The van der Waals surface area contributed by atoms with Crippen molar-refractivity contribution in [3.8, 4) is 0 Å². The van der Waals surface area contributed by atoms with Crippen LogP contribution in [0.15, 0.2) is 50.7 Å². The second kappa shape index (κ2) is 17.5. The summed E-state index contributed by atoms with van der Waals surface area (Å²) in [4.78, 5) is 19.8. The third kappa shape index (κ3) is 20.0. The van der Waals surface area contributed by atoms with Crippen molar-refractivity contribution in [2.24, 2.45) is 0 Å². The fraction of sp³-hybridized carbons (Fsp3) is 0.333. The summed E-state index contributed by atoms with van der Waals surface area (Å²) >= 11 is 0. The summed E-state index contributed by atoms with van der Waals surface area (Å²) in [5.41, 5.74) is 0. The van der Waals surface area contributed by atoms with Crippen molar-refractivity contribution < 1.29 is 28.5 Å². The lowest BCUT2D eigenvalue weighted by atomic mass is 10.3. The van der Waals surface area contributed by atoms with E-state index in [4.69, 9.17) is 9.47 Å². The number of methoxy groups -OCH3 is 1. The third-order valence-electron chi connectivity index (χ3n) is 1.73. The van der Waals surface area contributed by atoms with Crippen molar-refractivity contribution in [1.29, 1.82) is 0 Å². The molecule has 1 aliphatic heterocycles. The van der Waals surface area contributed by atoms with Crippen LogP contribution in [0.5, 0.6) is 0 Å². The van der Waals surface area contributed by atoms with E-state index >= 15 is 0 Å². The van der Waals surface area contributed by atoms with E-state index in [-0.39, 0.29) is 0 Å². The number of ether oxygens (including phenoxy) is 4. The Hall–Kier alpha value is -2.50. The molecule has 1 aliphatic rings. The van der Waals surface area contributed by atoms with Crippen molar-refractivity contribution in [3.63, 3.8) is 0 Å². The van der Waals surface area contributed by atoms with E-state index in [1.165, 1.54) is 18.8 Å². The van der Waals surface area contributed by atoms with Gasteiger partial charge < -0.3 is 18.9 Å². The highest BCUT2D eigenvalue weighted by molar-refractivity contribution is 6.04. The zero-order valence-corrected chi connectivity index (χ0v) is 12.3. The van der Waals surface area contributed by atoms with E-state index in [1.807, 2.05) is 0 Å². The average molecular weight is 298 g/mol. The maximum atomic E-state index is 9.92. The number of esters is 2. The van der Waals surface area contributed by atoms with Gasteiger partial charge in [0.25, 0.3) is 0 Å². The highest BCUT2D eigenvalue weighted by Gasteiger charge is 2.10. The van der Waals surface area contributed by atoms with E-state index in [2.05, 4.69) is 29.2 Å². The fourth-order valence-electron chi connectivity index (χ4n) is 0.841. The minimum Gasteiger partial charge on any atom is -0.505 e. The maximum Gasteiger partial charge on any atom is 0.338 e. The average Bonchev–Trinajstić information content (AvgIpc) is 2.87. The molecule has 0 fully saturated rings. The summed E-state index contributed by atoms with van der Waals surface area (Å²) < 4.78 is 18.1. The van der Waals surface area contributed by atoms with E-state index in [0.29, 0.717) is 0 Å². The van der Waals surface area contributed by atoms with Crippen LogP contribution in [-0.4, -0.2) is 32.3 Å². The molecule has 0 unspecified atom stereocenters. The number of carbonyl (C=O) groups is 2. The lowest BCUT2D eigenvalue weighted by Gasteiger charge is -1.99. The number of hydrogen-bond donors (Lipinski definition) is 0. The summed E-state index contributed by atoms with van der Waals surface area (Å²) in [5.74, 6) is -1.16. The van der Waals surface area contributed by atoms with Gasteiger partial charge in [-0.1, -0.05) is 19.7 Å². The Labute approximate surface area is 125 Å². The van der Waals surface area contributed by atoms with Crippen LogP contribution in [0.3, 0.4) is 0 Å². The molecule has 0 atom stereocenters. The van der Waals surface area contributed by atoms with Crippen molar-refractivity contribution in [3.05, 3.63) is 50.7 Å². The van der Waals surface area contributed by atoms with E-state index in [1.54, 1.807) is 7.11 Å². The van der Waals surface area contributed by atoms with Gasteiger partial charge in [-0.2, -0.15) is 0 Å². The Morgan fingerprint density at radius 1 is 0.952 bits per heavy atom. The zero-order valence-electron chi connectivity index (χ0n) is 12.3. The molecule has 0 bridgehead atoms. The van der Waals surface area contributed by atoms with Crippen LogP contribution in [0.4, 0.5) is 0 Å². The number of carbonyl (C=O) groups excluding carboxylic acids is 2. The molecule has 0 saturated carbocycles. The number of rotatable bonds is 8. The molecule has 0 aromatic heterocycles. The number of hydrogen-bond acceptors (Lipinski definition) is 6. The third-order valence-corrected chi connectivity index (χ3v) is 1.73. The summed E-state index contributed by atoms with van der Waals surface area (Å²) in [6.07, 6.45) is 8.45. The predicted molar refractivity (Wildman–Crippen MR) is 79.0 cm³/mol. The molecule has 0 aliphatic carbocycles. The van der Waals surface area contributed by atoms with Gasteiger partial charge in [0, 0.05) is 12.2 Å². The quantitative estimate of drug-likeness (QED) is 0.297. The van der Waals surface area contributed by atoms with Gasteiger partial charge in [0.1, 0.15) is 0 Å². The first-order valence-electron chi connectivity index (χ1n) is 6.14. The number of cyclic esters (lactones) is 2. The smallest absolute Gasteiger partial charge is 0.338 e. The molecular formula is C15H22O6. The second-order valence-electron chi connectivity index (χ2n) is 3.26. The van der Waals surface area contributed by atoms with Crippen LogP contribution in [0, 0.1) is 0 Å². The van der Waals surface area contributed by atoms with Crippen molar-refractivity contribution >= 4 is 11.9 Å². The Balaban J connectivity index is 0. The SMILES string of the molecule is C=COC.C=COCCCCOC=C.O=C1C=CC(=O)O1. The van der Waals surface area contributed by atoms with Crippen LogP contribution in [0.1, 0.15) is 12.8 Å². The molecule has 0 N–H and O–H groups in total. The van der Waals surface area contributed by atoms with Gasteiger partial charge in [-0.15, -0.1) is 0 Å². The van der Waals surface area contributed by atoms with Crippen LogP contribution < -0.4 is 0 Å². The van der Waals surface area contributed by atoms with Crippen molar-refractivity contribution in [2.75, 3.05) is 20.3 Å². The molecule has 21 heavy (non-hydrogen) atoms. The van der Waals surface area contributed by atoms with Crippen molar-refractivity contribution in [2.45, 2.75) is 12.8 Å². The molecule has 6 nitrogen and oxygen atoms in total. The molecule has 0 amide bonds. The molecular weight excluding hydrogens is 276 g/mol. The minimum absolute atomic E-state index is 0.579. The molecule has 0 aromatic rings. The monoisotopic (exact) mass is 298 g/mol. The van der Waals surface area contributed by atoms with Gasteiger partial charge >= 0.3 is 11.9 Å². The largest absolute Gasteiger partial charge is 0.505 e. The molecule has 0 spiro atoms. The van der Waals surface area contributed by atoms with E-state index in [0.717, 1.165) is 38.2 Å². The second-order valence-corrected chi connectivity index (χ2v) is 3.26. The summed E-state index contributed by atoms with van der Waals surface area (Å²) in [5, 5.41) is 0. The minimum atomic E-state index is -0.579. The van der Waals surface area contributed by atoms with Crippen LogP contribution in [0.2, 0.25) is 0 Å². The topological polar surface area (TPSA) is 71.1 Å². The molecule has 118 valence electrons. The zero-order chi connectivity index (χ0) is 16.3. The summed E-state index contributed by atoms with van der Waals surface area (Å²) in [6, 6.07) is 0. The van der Waals surface area contributed by atoms with Crippen LogP contribution >= 0.6 is 0 Å². The Morgan fingerprint density at radius 3 is 1.52 bits per heavy atom. The van der Waals surface area contributed by atoms with Gasteiger partial charge in [0.05, 0.1) is 39.1 Å². The first-order valence-corrected chi connectivity index (χ1v) is 6.14. The summed E-state index contributed by atoms with van der Waals surface area (Å²) in [6.45, 7) is 11.6. The van der Waals surface area contributed by atoms with Gasteiger partial charge in [-0.25, -0.2) is 9.59 Å². The van der Waals surface area contributed by atoms with Gasteiger partial charge in [-0.3, -0.25) is 0 Å². The molecule has 6 heteroatoms. The van der Waals surface area contributed by atoms with Crippen LogP contribution in [-0.2, 0) is 28.5 Å². The number of unbranched alkanes of at least 4 members (excludes halogenated alkanes) is 1. The lowest BCUT2D eigenvalue weighted by Crippen LogP contribution is -1.96. The molecule has 1 rings (SSSR count). The Bertz CT molecular complexity index is 318. The standard InChI is InChI=1S/C8H14O2.C4H2O3.C3H6O/c1-3-9-7-5-6-8-10-4-2;5-3-1-2-4(6)7-3;1-3-4-2/h3-4H,1-2,5-8H2;1-2H;3H,1H2,2H3. The Morgan fingerprint density at radius 2 is 1.33 bits per heavy atom. The molecule has 0 saturated heterocycles.